The highest BCUT2D eigenvalue weighted by Crippen LogP contribution is 2.33. The number of carbonyl (C=O) groups is 1. The van der Waals surface area contributed by atoms with Gasteiger partial charge in [-0.15, -0.1) is 0 Å². The average molecular weight is 326 g/mol. The third-order valence-electron chi connectivity index (χ3n) is 3.25. The van der Waals surface area contributed by atoms with E-state index >= 15 is 0 Å². The minimum atomic E-state index is -0.932. The van der Waals surface area contributed by atoms with Crippen molar-refractivity contribution in [2.45, 2.75) is 45.8 Å². The van der Waals surface area contributed by atoms with Gasteiger partial charge in [0.2, 0.25) is 0 Å². The zero-order valence-corrected chi connectivity index (χ0v) is 13.1. The van der Waals surface area contributed by atoms with E-state index < -0.39 is 33.5 Å². The highest BCUT2D eigenvalue weighted by molar-refractivity contribution is 5.61. The third kappa shape index (κ3) is 4.90. The molecule has 0 aliphatic carbocycles. The molecule has 0 aromatic heterocycles. The minimum Gasteiger partial charge on any atom is -0.431 e. The fourth-order valence-electron chi connectivity index (χ4n) is 1.83. The van der Waals surface area contributed by atoms with Gasteiger partial charge in [-0.05, 0) is 25.8 Å². The van der Waals surface area contributed by atoms with Crippen LogP contribution in [-0.2, 0) is 9.47 Å². The Kier molecular flexibility index (Phi) is 6.43. The molecule has 9 nitrogen and oxygen atoms in total. The maximum atomic E-state index is 11.7. The van der Waals surface area contributed by atoms with Crippen molar-refractivity contribution >= 4 is 17.5 Å². The summed E-state index contributed by atoms with van der Waals surface area (Å²) in [5.74, 6) is 0. The zero-order chi connectivity index (χ0) is 17.6. The summed E-state index contributed by atoms with van der Waals surface area (Å²) in [6, 6.07) is 3.21. The van der Waals surface area contributed by atoms with Crippen LogP contribution >= 0.6 is 0 Å². The lowest BCUT2D eigenvalue weighted by Gasteiger charge is -2.18. The Bertz CT molecular complexity index is 603. The van der Waals surface area contributed by atoms with Gasteiger partial charge >= 0.3 is 6.16 Å². The molecule has 23 heavy (non-hydrogen) atoms. The summed E-state index contributed by atoms with van der Waals surface area (Å²) in [4.78, 5) is 32.1. The number of carbonyl (C=O) groups excluding carboxylic acids is 1. The maximum absolute atomic E-state index is 11.7. The molecule has 0 aliphatic heterocycles. The monoisotopic (exact) mass is 326 g/mol. The quantitative estimate of drug-likeness (QED) is 0.423. The fourth-order valence-corrected chi connectivity index (χ4v) is 1.83. The predicted molar refractivity (Wildman–Crippen MR) is 80.1 cm³/mol. The molecule has 2 unspecified atom stereocenters. The summed E-state index contributed by atoms with van der Waals surface area (Å²) < 4.78 is 10.1. The van der Waals surface area contributed by atoms with Crippen molar-refractivity contribution in [2.24, 2.45) is 0 Å². The first-order valence-electron chi connectivity index (χ1n) is 7.10. The van der Waals surface area contributed by atoms with Crippen molar-refractivity contribution in [3.05, 3.63) is 44.0 Å². The van der Waals surface area contributed by atoms with Crippen LogP contribution < -0.4 is 0 Å². The summed E-state index contributed by atoms with van der Waals surface area (Å²) in [6.45, 7) is 5.19. The molecule has 9 heteroatoms. The van der Waals surface area contributed by atoms with E-state index in [0.717, 1.165) is 12.1 Å². The Labute approximate surface area is 132 Å². The van der Waals surface area contributed by atoms with E-state index in [0.29, 0.717) is 6.42 Å². The first-order valence-corrected chi connectivity index (χ1v) is 7.10. The average Bonchev–Trinajstić information content (AvgIpc) is 2.51. The van der Waals surface area contributed by atoms with E-state index in [1.165, 1.54) is 6.07 Å². The van der Waals surface area contributed by atoms with Crippen LogP contribution in [0.25, 0.3) is 0 Å². The number of hydrogen-bond acceptors (Lipinski definition) is 7. The second-order valence-corrected chi connectivity index (χ2v) is 4.86. The lowest BCUT2D eigenvalue weighted by atomic mass is 10.0. The Morgan fingerprint density at radius 1 is 1.13 bits per heavy atom. The first-order chi connectivity index (χ1) is 10.8. The number of ether oxygens (including phenoxy) is 2. The van der Waals surface area contributed by atoms with Gasteiger partial charge in [-0.25, -0.2) is 4.79 Å². The van der Waals surface area contributed by atoms with Gasteiger partial charge in [-0.2, -0.15) is 0 Å². The Morgan fingerprint density at radius 2 is 1.78 bits per heavy atom. The van der Waals surface area contributed by atoms with Crippen LogP contribution in [0, 0.1) is 20.2 Å². The molecular formula is C14H18N2O7. The summed E-state index contributed by atoms with van der Waals surface area (Å²) in [5, 5.41) is 21.9. The normalized spacial score (nSPS) is 13.0. The van der Waals surface area contributed by atoms with Crippen molar-refractivity contribution in [3.63, 3.8) is 0 Å². The molecule has 1 rings (SSSR count). The van der Waals surface area contributed by atoms with Crippen LogP contribution in [0.1, 0.15) is 45.3 Å². The van der Waals surface area contributed by atoms with Gasteiger partial charge in [0.15, 0.2) is 0 Å². The van der Waals surface area contributed by atoms with E-state index in [1.54, 1.807) is 13.8 Å². The van der Waals surface area contributed by atoms with E-state index in [9.17, 15) is 25.0 Å². The van der Waals surface area contributed by atoms with Gasteiger partial charge < -0.3 is 9.47 Å². The molecule has 0 saturated heterocycles. The van der Waals surface area contributed by atoms with Crippen molar-refractivity contribution in [1.29, 1.82) is 0 Å². The van der Waals surface area contributed by atoms with Gasteiger partial charge in [0, 0.05) is 6.07 Å². The predicted octanol–water partition coefficient (Wildman–Crippen LogP) is 3.91. The molecule has 2 atom stereocenters. The Hall–Kier alpha value is -2.71. The topological polar surface area (TPSA) is 122 Å². The lowest BCUT2D eigenvalue weighted by Crippen LogP contribution is -2.18. The van der Waals surface area contributed by atoms with Crippen molar-refractivity contribution in [2.75, 3.05) is 0 Å². The number of benzene rings is 1. The number of non-ortho nitro benzene ring substituents is 1. The van der Waals surface area contributed by atoms with Gasteiger partial charge in [-0.3, -0.25) is 20.2 Å². The lowest BCUT2D eigenvalue weighted by molar-refractivity contribution is -0.394. The summed E-state index contributed by atoms with van der Waals surface area (Å²) >= 11 is 0. The Balaban J connectivity index is 3.07. The molecule has 0 saturated carbocycles. The van der Waals surface area contributed by atoms with E-state index in [1.807, 2.05) is 6.92 Å². The summed E-state index contributed by atoms with van der Waals surface area (Å²) in [7, 11) is 0. The third-order valence-corrected chi connectivity index (χ3v) is 3.25. The zero-order valence-electron chi connectivity index (χ0n) is 13.1. The standard InChI is InChI=1S/C14H18N2O7/c1-4-9(3)22-14(17)23-13(5-2)11-7-6-10(15(18)19)8-12(11)16(20)21/h6-9,13H,4-5H2,1-3H3. The molecule has 1 aromatic carbocycles. The van der Waals surface area contributed by atoms with Crippen LogP contribution in [0.5, 0.6) is 0 Å². The van der Waals surface area contributed by atoms with Crippen LogP contribution in [0.3, 0.4) is 0 Å². The second kappa shape index (κ2) is 8.06. The molecule has 0 aliphatic rings. The molecule has 0 spiro atoms. The second-order valence-electron chi connectivity index (χ2n) is 4.86. The van der Waals surface area contributed by atoms with Gasteiger partial charge in [-0.1, -0.05) is 13.8 Å². The van der Waals surface area contributed by atoms with Crippen molar-refractivity contribution < 1.29 is 24.1 Å². The number of nitro groups is 2. The van der Waals surface area contributed by atoms with E-state index in [-0.39, 0.29) is 18.1 Å². The Morgan fingerprint density at radius 3 is 2.26 bits per heavy atom. The molecule has 0 radical (unpaired) electrons. The molecule has 0 bridgehead atoms. The maximum Gasteiger partial charge on any atom is 0.509 e. The highest BCUT2D eigenvalue weighted by Gasteiger charge is 2.27. The smallest absolute Gasteiger partial charge is 0.431 e. The highest BCUT2D eigenvalue weighted by atomic mass is 16.7. The molecular weight excluding hydrogens is 308 g/mol. The number of rotatable bonds is 7. The minimum absolute atomic E-state index is 0.0872. The van der Waals surface area contributed by atoms with Crippen molar-refractivity contribution in [3.8, 4) is 0 Å². The summed E-state index contributed by atoms with van der Waals surface area (Å²) in [6.07, 6.45) is -1.34. The number of nitro benzene ring substituents is 2. The van der Waals surface area contributed by atoms with Gasteiger partial charge in [0.1, 0.15) is 12.2 Å². The van der Waals surface area contributed by atoms with Gasteiger partial charge in [0.25, 0.3) is 11.4 Å². The van der Waals surface area contributed by atoms with Crippen LogP contribution in [0.2, 0.25) is 0 Å². The molecule has 0 amide bonds. The van der Waals surface area contributed by atoms with Crippen LogP contribution in [0.15, 0.2) is 18.2 Å². The molecule has 0 fully saturated rings. The molecule has 1 aromatic rings. The first kappa shape index (κ1) is 18.3. The number of nitrogens with zero attached hydrogens (tertiary/aromatic N) is 2. The van der Waals surface area contributed by atoms with E-state index in [2.05, 4.69) is 0 Å². The SMILES string of the molecule is CCC(C)OC(=O)OC(CC)c1ccc([N+](=O)[O-])cc1[N+](=O)[O-]. The number of hydrogen-bond donors (Lipinski definition) is 0. The van der Waals surface area contributed by atoms with Crippen molar-refractivity contribution in [1.82, 2.24) is 0 Å². The molecule has 0 heterocycles. The van der Waals surface area contributed by atoms with E-state index in [4.69, 9.17) is 9.47 Å². The van der Waals surface area contributed by atoms with Gasteiger partial charge in [0.05, 0.1) is 21.5 Å². The van der Waals surface area contributed by atoms with Crippen LogP contribution in [0.4, 0.5) is 16.2 Å². The largest absolute Gasteiger partial charge is 0.509 e. The summed E-state index contributed by atoms with van der Waals surface area (Å²) in [5.41, 5.74) is -0.788. The van der Waals surface area contributed by atoms with Crippen LogP contribution in [-0.4, -0.2) is 22.1 Å². The molecule has 126 valence electrons. The molecule has 0 N–H and O–H groups in total. The fraction of sp³-hybridized carbons (Fsp3) is 0.500.